The zero-order chi connectivity index (χ0) is 12.6. The fraction of sp³-hybridized carbons (Fsp3) is 0.200. The second-order valence-electron chi connectivity index (χ2n) is 2.80. The highest BCUT2D eigenvalue weighted by Crippen LogP contribution is 1.96. The number of hydrogen-bond acceptors (Lipinski definition) is 4. The lowest BCUT2D eigenvalue weighted by molar-refractivity contribution is -0.137. The van der Waals surface area contributed by atoms with Gasteiger partial charge in [-0.05, 0) is 12.1 Å². The Labute approximate surface area is 98.3 Å². The predicted octanol–water partition coefficient (Wildman–Crippen LogP) is 0.713. The van der Waals surface area contributed by atoms with Crippen molar-refractivity contribution in [1.29, 1.82) is 0 Å². The van der Waals surface area contributed by atoms with Crippen LogP contribution in [0.3, 0.4) is 0 Å². The first-order valence-electron chi connectivity index (χ1n) is 4.36. The normalized spacial score (nSPS) is 10.9. The van der Waals surface area contributed by atoms with Gasteiger partial charge < -0.3 is 15.9 Å². The number of carboxylic acids is 2. The number of rotatable bonds is 3. The van der Waals surface area contributed by atoms with Crippen LogP contribution in [-0.2, 0) is 4.79 Å². The Kier molecular flexibility index (Phi) is 6.98. The van der Waals surface area contributed by atoms with E-state index in [1.165, 1.54) is 0 Å². The molecule has 1 aromatic rings. The van der Waals surface area contributed by atoms with Crippen LogP contribution >= 0.6 is 12.6 Å². The lowest BCUT2D eigenvalue weighted by Gasteiger charge is -1.96. The molecule has 16 heavy (non-hydrogen) atoms. The Balaban J connectivity index is 0.000000293. The molecular formula is C10H13NO4S. The molecule has 1 unspecified atom stereocenters. The molecule has 0 fully saturated rings. The average Bonchev–Trinajstić information content (AvgIpc) is 2.29. The molecule has 1 rings (SSSR count). The van der Waals surface area contributed by atoms with Crippen molar-refractivity contribution in [2.75, 3.05) is 5.75 Å². The van der Waals surface area contributed by atoms with Crippen LogP contribution in [-0.4, -0.2) is 33.9 Å². The van der Waals surface area contributed by atoms with Gasteiger partial charge in [0.25, 0.3) is 0 Å². The summed E-state index contributed by atoms with van der Waals surface area (Å²) in [6.07, 6.45) is 0. The van der Waals surface area contributed by atoms with Gasteiger partial charge in [-0.2, -0.15) is 12.6 Å². The van der Waals surface area contributed by atoms with Crippen molar-refractivity contribution >= 4 is 24.6 Å². The van der Waals surface area contributed by atoms with Crippen LogP contribution in [0.1, 0.15) is 10.4 Å². The van der Waals surface area contributed by atoms with Gasteiger partial charge in [0.05, 0.1) is 5.56 Å². The minimum Gasteiger partial charge on any atom is -0.480 e. The highest BCUT2D eigenvalue weighted by Gasteiger charge is 2.06. The topological polar surface area (TPSA) is 101 Å². The van der Waals surface area contributed by atoms with Crippen LogP contribution in [0.2, 0.25) is 0 Å². The maximum Gasteiger partial charge on any atom is 0.335 e. The summed E-state index contributed by atoms with van der Waals surface area (Å²) in [4.78, 5) is 20.0. The zero-order valence-electron chi connectivity index (χ0n) is 8.41. The second kappa shape index (κ2) is 7.72. The van der Waals surface area contributed by atoms with Crippen molar-refractivity contribution in [3.05, 3.63) is 35.9 Å². The quantitative estimate of drug-likeness (QED) is 0.586. The molecule has 0 amide bonds. The minimum absolute atomic E-state index is 0.190. The lowest BCUT2D eigenvalue weighted by Crippen LogP contribution is -2.31. The summed E-state index contributed by atoms with van der Waals surface area (Å²) >= 11 is 3.65. The Morgan fingerprint density at radius 3 is 1.94 bits per heavy atom. The smallest absolute Gasteiger partial charge is 0.335 e. The molecule has 0 heterocycles. The SMILES string of the molecule is NC(CS)C(=O)O.O=C(O)c1ccccc1. The Morgan fingerprint density at radius 1 is 1.25 bits per heavy atom. The number of thiol groups is 1. The van der Waals surface area contributed by atoms with E-state index in [0.29, 0.717) is 5.56 Å². The Bertz CT molecular complexity index is 342. The van der Waals surface area contributed by atoms with Crippen LogP contribution in [0.5, 0.6) is 0 Å². The van der Waals surface area contributed by atoms with Crippen molar-refractivity contribution in [2.45, 2.75) is 6.04 Å². The largest absolute Gasteiger partial charge is 0.480 e. The molecule has 0 aliphatic rings. The highest BCUT2D eigenvalue weighted by atomic mass is 32.1. The number of aliphatic carboxylic acids is 1. The van der Waals surface area contributed by atoms with E-state index in [-0.39, 0.29) is 5.75 Å². The van der Waals surface area contributed by atoms with E-state index in [2.05, 4.69) is 12.6 Å². The Hall–Kier alpha value is -1.53. The summed E-state index contributed by atoms with van der Waals surface area (Å²) in [5.41, 5.74) is 5.27. The Morgan fingerprint density at radius 2 is 1.75 bits per heavy atom. The molecular weight excluding hydrogens is 230 g/mol. The van der Waals surface area contributed by atoms with Crippen LogP contribution in [0.25, 0.3) is 0 Å². The summed E-state index contributed by atoms with van der Waals surface area (Å²) in [6.45, 7) is 0. The first kappa shape index (κ1) is 14.5. The predicted molar refractivity (Wildman–Crippen MR) is 62.9 cm³/mol. The third-order valence-corrected chi connectivity index (χ3v) is 1.93. The number of benzene rings is 1. The van der Waals surface area contributed by atoms with Crippen molar-refractivity contribution in [3.63, 3.8) is 0 Å². The molecule has 1 aromatic carbocycles. The standard InChI is InChI=1S/C7H6O2.C3H7NO2S/c8-7(9)6-4-2-1-3-5-6;4-2(1-7)3(5)6/h1-5H,(H,8,9);2,7H,1,4H2,(H,5,6). The van der Waals surface area contributed by atoms with Crippen molar-refractivity contribution < 1.29 is 19.8 Å². The van der Waals surface area contributed by atoms with Gasteiger partial charge in [0.2, 0.25) is 0 Å². The molecule has 0 aliphatic heterocycles. The molecule has 0 spiro atoms. The molecule has 0 bridgehead atoms. The molecule has 0 aliphatic carbocycles. The van der Waals surface area contributed by atoms with E-state index >= 15 is 0 Å². The molecule has 6 heteroatoms. The zero-order valence-corrected chi connectivity index (χ0v) is 9.30. The number of carbonyl (C=O) groups is 2. The summed E-state index contributed by atoms with van der Waals surface area (Å²) in [5.74, 6) is -1.69. The van der Waals surface area contributed by atoms with E-state index in [1.54, 1.807) is 30.3 Å². The molecule has 0 radical (unpaired) electrons. The highest BCUT2D eigenvalue weighted by molar-refractivity contribution is 7.80. The molecule has 5 nitrogen and oxygen atoms in total. The van der Waals surface area contributed by atoms with Crippen LogP contribution in [0.4, 0.5) is 0 Å². The van der Waals surface area contributed by atoms with Gasteiger partial charge in [0, 0.05) is 5.75 Å². The van der Waals surface area contributed by atoms with Crippen LogP contribution < -0.4 is 5.73 Å². The van der Waals surface area contributed by atoms with E-state index in [1.807, 2.05) is 0 Å². The second-order valence-corrected chi connectivity index (χ2v) is 3.16. The monoisotopic (exact) mass is 243 g/mol. The van der Waals surface area contributed by atoms with E-state index < -0.39 is 18.0 Å². The number of aromatic carboxylic acids is 1. The van der Waals surface area contributed by atoms with Gasteiger partial charge in [-0.25, -0.2) is 4.79 Å². The summed E-state index contributed by atoms with van der Waals surface area (Å²) in [5, 5.41) is 16.4. The molecule has 0 saturated heterocycles. The van der Waals surface area contributed by atoms with E-state index in [4.69, 9.17) is 15.9 Å². The number of carboxylic acid groups (broad SMARTS) is 2. The van der Waals surface area contributed by atoms with Gasteiger partial charge in [0.1, 0.15) is 6.04 Å². The van der Waals surface area contributed by atoms with Gasteiger partial charge in [-0.1, -0.05) is 18.2 Å². The first-order valence-corrected chi connectivity index (χ1v) is 5.00. The van der Waals surface area contributed by atoms with E-state index in [9.17, 15) is 9.59 Å². The summed E-state index contributed by atoms with van der Waals surface area (Å²) in [7, 11) is 0. The van der Waals surface area contributed by atoms with E-state index in [0.717, 1.165) is 0 Å². The van der Waals surface area contributed by atoms with Gasteiger partial charge in [-0.15, -0.1) is 0 Å². The molecule has 1 atom stereocenters. The third-order valence-electron chi connectivity index (χ3n) is 1.53. The van der Waals surface area contributed by atoms with Gasteiger partial charge in [0.15, 0.2) is 0 Å². The van der Waals surface area contributed by atoms with Crippen molar-refractivity contribution in [3.8, 4) is 0 Å². The van der Waals surface area contributed by atoms with Crippen LogP contribution in [0.15, 0.2) is 30.3 Å². The maximum atomic E-state index is 10.2. The molecule has 0 aromatic heterocycles. The molecule has 88 valence electrons. The first-order chi connectivity index (χ1) is 7.49. The van der Waals surface area contributed by atoms with Crippen molar-refractivity contribution in [2.24, 2.45) is 5.73 Å². The third kappa shape index (κ3) is 6.05. The van der Waals surface area contributed by atoms with Gasteiger partial charge >= 0.3 is 11.9 Å². The summed E-state index contributed by atoms with van der Waals surface area (Å²) < 4.78 is 0. The summed E-state index contributed by atoms with van der Waals surface area (Å²) in [6, 6.07) is 7.48. The fourth-order valence-electron chi connectivity index (χ4n) is 0.659. The number of hydrogen-bond donors (Lipinski definition) is 4. The maximum absolute atomic E-state index is 10.2. The minimum atomic E-state index is -1.00. The van der Waals surface area contributed by atoms with Crippen LogP contribution in [0, 0.1) is 0 Å². The van der Waals surface area contributed by atoms with Crippen molar-refractivity contribution in [1.82, 2.24) is 0 Å². The average molecular weight is 243 g/mol. The number of nitrogens with two attached hydrogens (primary N) is 1. The fourth-order valence-corrected chi connectivity index (χ4v) is 0.815. The van der Waals surface area contributed by atoms with Gasteiger partial charge in [-0.3, -0.25) is 4.79 Å². The lowest BCUT2D eigenvalue weighted by atomic mass is 10.2. The molecule has 4 N–H and O–H groups in total. The molecule has 0 saturated carbocycles.